The number of hydrogen-bond acceptors (Lipinski definition) is 5. The van der Waals surface area contributed by atoms with Gasteiger partial charge in [-0.15, -0.1) is 0 Å². The fraction of sp³-hybridized carbons (Fsp3) is 0.182. The fourth-order valence-electron chi connectivity index (χ4n) is 1.51. The Bertz CT molecular complexity index is 605. The van der Waals surface area contributed by atoms with Crippen molar-refractivity contribution in [2.24, 2.45) is 0 Å². The molecule has 2 N–H and O–H groups in total. The summed E-state index contributed by atoms with van der Waals surface area (Å²) in [6.07, 6.45) is -0.645. The molecule has 2 aromatic rings. The van der Waals surface area contributed by atoms with E-state index in [1.54, 1.807) is 18.2 Å². The van der Waals surface area contributed by atoms with E-state index in [0.29, 0.717) is 16.6 Å². The second-order valence-electron chi connectivity index (χ2n) is 3.40. The molecule has 7 nitrogen and oxygen atoms in total. The molecule has 0 bridgehead atoms. The molecule has 1 aromatic carbocycles. The molecule has 0 radical (unpaired) electrons. The maximum Gasteiger partial charge on any atom is 0.413 e. The zero-order chi connectivity index (χ0) is 13.1. The van der Waals surface area contributed by atoms with Crippen molar-refractivity contribution in [3.63, 3.8) is 0 Å². The van der Waals surface area contributed by atoms with Crippen molar-refractivity contribution in [1.29, 1.82) is 0 Å². The standard InChI is InChI=1S/C11H11N3O4/c1-17-9(15)6-4-3-5-7-8(6)13-10(12-7)14-11(16)18-2/h3-5H,1-2H3,(H2,12,13,14,16). The summed E-state index contributed by atoms with van der Waals surface area (Å²) in [6, 6.07) is 5.02. The molecule has 0 spiro atoms. The van der Waals surface area contributed by atoms with E-state index in [-0.39, 0.29) is 5.95 Å². The summed E-state index contributed by atoms with van der Waals surface area (Å²) in [5.41, 5.74) is 1.37. The number of para-hydroxylation sites is 1. The number of hydrogen-bond donors (Lipinski definition) is 2. The summed E-state index contributed by atoms with van der Waals surface area (Å²) in [6.45, 7) is 0. The van der Waals surface area contributed by atoms with Crippen molar-refractivity contribution < 1.29 is 19.1 Å². The van der Waals surface area contributed by atoms with Crippen molar-refractivity contribution in [3.8, 4) is 0 Å². The van der Waals surface area contributed by atoms with Crippen LogP contribution in [0.15, 0.2) is 18.2 Å². The summed E-state index contributed by atoms with van der Waals surface area (Å²) in [5, 5.41) is 2.39. The maximum atomic E-state index is 11.5. The highest BCUT2D eigenvalue weighted by Gasteiger charge is 2.14. The van der Waals surface area contributed by atoms with Gasteiger partial charge in [-0.25, -0.2) is 14.6 Å². The van der Waals surface area contributed by atoms with Gasteiger partial charge in [0.2, 0.25) is 5.95 Å². The SMILES string of the molecule is COC(=O)Nc1nc2c(C(=O)OC)cccc2[nH]1. The lowest BCUT2D eigenvalue weighted by Crippen LogP contribution is -2.11. The van der Waals surface area contributed by atoms with E-state index in [0.717, 1.165) is 0 Å². The lowest BCUT2D eigenvalue weighted by atomic mass is 10.2. The number of nitrogens with one attached hydrogen (secondary N) is 2. The van der Waals surface area contributed by atoms with E-state index >= 15 is 0 Å². The lowest BCUT2D eigenvalue weighted by Gasteiger charge is -1.98. The number of nitrogens with zero attached hydrogens (tertiary/aromatic N) is 1. The average molecular weight is 249 g/mol. The highest BCUT2D eigenvalue weighted by Crippen LogP contribution is 2.19. The number of fused-ring (bicyclic) bond motifs is 1. The van der Waals surface area contributed by atoms with E-state index in [9.17, 15) is 9.59 Å². The molecule has 0 atom stereocenters. The van der Waals surface area contributed by atoms with Crippen molar-refractivity contribution in [2.45, 2.75) is 0 Å². The monoisotopic (exact) mass is 249 g/mol. The van der Waals surface area contributed by atoms with Gasteiger partial charge in [-0.3, -0.25) is 5.32 Å². The van der Waals surface area contributed by atoms with Crippen LogP contribution in [0.4, 0.5) is 10.7 Å². The van der Waals surface area contributed by atoms with Crippen molar-refractivity contribution in [3.05, 3.63) is 23.8 Å². The number of imidazole rings is 1. The van der Waals surface area contributed by atoms with E-state index in [2.05, 4.69) is 24.8 Å². The first-order valence-corrected chi connectivity index (χ1v) is 5.07. The highest BCUT2D eigenvalue weighted by atomic mass is 16.5. The molecule has 0 fully saturated rings. The summed E-state index contributed by atoms with van der Waals surface area (Å²) in [7, 11) is 2.54. The van der Waals surface area contributed by atoms with Gasteiger partial charge in [0.25, 0.3) is 0 Å². The van der Waals surface area contributed by atoms with Gasteiger partial charge in [0.15, 0.2) is 0 Å². The van der Waals surface area contributed by atoms with Crippen LogP contribution in [0, 0.1) is 0 Å². The number of H-pyrrole nitrogens is 1. The van der Waals surface area contributed by atoms with Gasteiger partial charge in [-0.2, -0.15) is 0 Å². The molecule has 18 heavy (non-hydrogen) atoms. The van der Waals surface area contributed by atoms with Gasteiger partial charge >= 0.3 is 12.1 Å². The first-order valence-electron chi connectivity index (χ1n) is 5.07. The summed E-state index contributed by atoms with van der Waals surface area (Å²) in [4.78, 5) is 29.5. The molecule has 2 rings (SSSR count). The average Bonchev–Trinajstić information content (AvgIpc) is 2.79. The number of anilines is 1. The maximum absolute atomic E-state index is 11.5. The predicted molar refractivity (Wildman–Crippen MR) is 63.5 cm³/mol. The first kappa shape index (κ1) is 11.9. The summed E-state index contributed by atoms with van der Waals surface area (Å²) >= 11 is 0. The number of methoxy groups -OCH3 is 2. The Hall–Kier alpha value is -2.57. The van der Waals surface area contributed by atoms with Crippen LogP contribution < -0.4 is 5.32 Å². The van der Waals surface area contributed by atoms with Crippen LogP contribution >= 0.6 is 0 Å². The van der Waals surface area contributed by atoms with Gasteiger partial charge in [0.05, 0.1) is 25.3 Å². The van der Waals surface area contributed by atoms with Gasteiger partial charge in [-0.05, 0) is 12.1 Å². The van der Waals surface area contributed by atoms with E-state index in [4.69, 9.17) is 0 Å². The molecule has 0 aliphatic rings. The van der Waals surface area contributed by atoms with Gasteiger partial charge in [-0.1, -0.05) is 6.07 Å². The van der Waals surface area contributed by atoms with Gasteiger partial charge in [0, 0.05) is 0 Å². The van der Waals surface area contributed by atoms with Crippen molar-refractivity contribution in [1.82, 2.24) is 9.97 Å². The molecule has 1 aromatic heterocycles. The molecule has 1 heterocycles. The number of aromatic amines is 1. The third kappa shape index (κ3) is 2.10. The van der Waals surface area contributed by atoms with E-state index in [1.165, 1.54) is 14.2 Å². The number of rotatable bonds is 2. The number of carbonyl (C=O) groups is 2. The molecule has 0 saturated carbocycles. The summed E-state index contributed by atoms with van der Waals surface area (Å²) < 4.78 is 9.10. The Balaban J connectivity index is 2.44. The molecule has 1 amide bonds. The zero-order valence-electron chi connectivity index (χ0n) is 9.81. The Morgan fingerprint density at radius 1 is 1.28 bits per heavy atom. The van der Waals surface area contributed by atoms with Crippen LogP contribution in [-0.4, -0.2) is 36.3 Å². The van der Waals surface area contributed by atoms with E-state index in [1.807, 2.05) is 0 Å². The molecular weight excluding hydrogens is 238 g/mol. The topological polar surface area (TPSA) is 93.3 Å². The smallest absolute Gasteiger partial charge is 0.413 e. The highest BCUT2D eigenvalue weighted by molar-refractivity contribution is 6.02. The van der Waals surface area contributed by atoms with Crippen LogP contribution in [0.25, 0.3) is 11.0 Å². The zero-order valence-corrected chi connectivity index (χ0v) is 9.81. The largest absolute Gasteiger partial charge is 0.465 e. The first-order chi connectivity index (χ1) is 8.65. The summed E-state index contributed by atoms with van der Waals surface area (Å²) in [5.74, 6) is -0.287. The minimum atomic E-state index is -0.645. The normalized spacial score (nSPS) is 10.1. The third-order valence-corrected chi connectivity index (χ3v) is 2.32. The quantitative estimate of drug-likeness (QED) is 0.787. The minimum Gasteiger partial charge on any atom is -0.465 e. The Morgan fingerprint density at radius 2 is 2.06 bits per heavy atom. The van der Waals surface area contributed by atoms with Crippen molar-refractivity contribution in [2.75, 3.05) is 19.5 Å². The van der Waals surface area contributed by atoms with Gasteiger partial charge in [0.1, 0.15) is 5.52 Å². The second kappa shape index (κ2) is 4.74. The molecule has 7 heteroatoms. The lowest BCUT2D eigenvalue weighted by molar-refractivity contribution is 0.0603. The van der Waals surface area contributed by atoms with Crippen LogP contribution in [0.5, 0.6) is 0 Å². The molecule has 0 saturated heterocycles. The van der Waals surface area contributed by atoms with Crippen LogP contribution in [0.2, 0.25) is 0 Å². The Labute approximate surface area is 102 Å². The molecular formula is C11H11N3O4. The number of benzene rings is 1. The van der Waals surface area contributed by atoms with Crippen LogP contribution in [-0.2, 0) is 9.47 Å². The molecule has 94 valence electrons. The molecule has 0 aliphatic heterocycles. The number of esters is 1. The number of amides is 1. The Morgan fingerprint density at radius 3 is 2.72 bits per heavy atom. The molecule has 0 aliphatic carbocycles. The Kier molecular flexibility index (Phi) is 3.13. The number of aromatic nitrogens is 2. The minimum absolute atomic E-state index is 0.202. The van der Waals surface area contributed by atoms with Gasteiger partial charge < -0.3 is 14.5 Å². The van der Waals surface area contributed by atoms with Crippen LogP contribution in [0.3, 0.4) is 0 Å². The number of carbonyl (C=O) groups excluding carboxylic acids is 2. The third-order valence-electron chi connectivity index (χ3n) is 2.32. The second-order valence-corrected chi connectivity index (χ2v) is 3.40. The number of ether oxygens (including phenoxy) is 2. The van der Waals surface area contributed by atoms with Crippen LogP contribution in [0.1, 0.15) is 10.4 Å². The van der Waals surface area contributed by atoms with Crippen molar-refractivity contribution >= 4 is 29.0 Å². The fourth-order valence-corrected chi connectivity index (χ4v) is 1.51. The molecule has 0 unspecified atom stereocenters. The van der Waals surface area contributed by atoms with E-state index < -0.39 is 12.1 Å². The predicted octanol–water partition coefficient (Wildman–Crippen LogP) is 1.53.